The first-order valence-electron chi connectivity index (χ1n) is 5.86. The molecule has 1 amide bonds. The molecule has 0 fully saturated rings. The Labute approximate surface area is 135 Å². The molecule has 0 unspecified atom stereocenters. The molecule has 1 aromatic heterocycles. The zero-order valence-corrected chi connectivity index (χ0v) is 14.9. The van der Waals surface area contributed by atoms with Crippen LogP contribution in [0.25, 0.3) is 0 Å². The highest BCUT2D eigenvalue weighted by molar-refractivity contribution is 9.11. The minimum absolute atomic E-state index is 0.0568. The number of methoxy groups -OCH3 is 1. The molecule has 0 aliphatic carbocycles. The van der Waals surface area contributed by atoms with Crippen LogP contribution in [0.1, 0.15) is 16.6 Å². The third-order valence-electron chi connectivity index (χ3n) is 2.61. The molecule has 1 N–H and O–H groups in total. The number of carbonyl (C=O) groups excluding carboxylic acids is 2. The maximum absolute atomic E-state index is 12.5. The lowest BCUT2D eigenvalue weighted by atomic mass is 10.5. The van der Waals surface area contributed by atoms with Crippen molar-refractivity contribution in [2.24, 2.45) is 0 Å². The smallest absolute Gasteiger partial charge is 0.348 e. The van der Waals surface area contributed by atoms with Gasteiger partial charge in [-0.25, -0.2) is 13.2 Å². The third-order valence-corrected chi connectivity index (χ3v) is 6.76. The van der Waals surface area contributed by atoms with E-state index in [1.165, 1.54) is 20.2 Å². The first-order valence-corrected chi connectivity index (χ1v) is 8.91. The molecule has 21 heavy (non-hydrogen) atoms. The molecular weight excluding hydrogens is 384 g/mol. The summed E-state index contributed by atoms with van der Waals surface area (Å²) in [7, 11) is -1.23. The van der Waals surface area contributed by atoms with E-state index in [0.717, 1.165) is 15.6 Å². The molecule has 10 heteroatoms. The van der Waals surface area contributed by atoms with Crippen LogP contribution in [-0.2, 0) is 19.6 Å². The lowest BCUT2D eigenvalue weighted by molar-refractivity contribution is -0.120. The topological polar surface area (TPSA) is 92.8 Å². The van der Waals surface area contributed by atoms with Crippen LogP contribution < -0.4 is 5.32 Å². The molecule has 0 saturated carbocycles. The summed E-state index contributed by atoms with van der Waals surface area (Å²) in [6.07, 6.45) is 0. The maximum Gasteiger partial charge on any atom is 0.348 e. The molecule has 118 valence electrons. The lowest BCUT2D eigenvalue weighted by Crippen LogP contribution is -2.39. The Morgan fingerprint density at radius 3 is 2.57 bits per heavy atom. The van der Waals surface area contributed by atoms with Gasteiger partial charge in [0.1, 0.15) is 9.77 Å². The Morgan fingerprint density at radius 2 is 2.10 bits per heavy atom. The molecule has 0 atom stereocenters. The van der Waals surface area contributed by atoms with E-state index in [2.05, 4.69) is 26.0 Å². The summed E-state index contributed by atoms with van der Waals surface area (Å²) in [5.41, 5.74) is 0. The average Bonchev–Trinajstić information content (AvgIpc) is 2.85. The number of nitrogens with zero attached hydrogens (tertiary/aromatic N) is 1. The summed E-state index contributed by atoms with van der Waals surface area (Å²) >= 11 is 4.10. The number of nitrogens with one attached hydrogen (secondary N) is 1. The van der Waals surface area contributed by atoms with Crippen molar-refractivity contribution in [3.63, 3.8) is 0 Å². The highest BCUT2D eigenvalue weighted by atomic mass is 79.9. The van der Waals surface area contributed by atoms with Crippen molar-refractivity contribution >= 4 is 49.2 Å². The molecule has 0 radical (unpaired) electrons. The van der Waals surface area contributed by atoms with Gasteiger partial charge in [0.15, 0.2) is 0 Å². The van der Waals surface area contributed by atoms with Crippen LogP contribution >= 0.6 is 27.3 Å². The Balaban J connectivity index is 3.20. The van der Waals surface area contributed by atoms with E-state index in [1.54, 1.807) is 6.92 Å². The quantitative estimate of drug-likeness (QED) is 0.722. The van der Waals surface area contributed by atoms with Crippen molar-refractivity contribution in [3.05, 3.63) is 14.7 Å². The molecule has 0 aliphatic rings. The van der Waals surface area contributed by atoms with Crippen LogP contribution in [0.2, 0.25) is 0 Å². The van der Waals surface area contributed by atoms with Gasteiger partial charge in [0, 0.05) is 13.6 Å². The number of amides is 1. The number of sulfonamides is 1. The SMILES string of the molecule is CCN(CC(=O)NC)S(=O)(=O)c1cc(C(=O)OC)sc1Br. The number of esters is 1. The number of halogens is 1. The van der Waals surface area contributed by atoms with E-state index < -0.39 is 21.9 Å². The predicted molar refractivity (Wildman–Crippen MR) is 81.9 cm³/mol. The number of hydrogen-bond donors (Lipinski definition) is 1. The summed E-state index contributed by atoms with van der Waals surface area (Å²) in [6, 6.07) is 1.24. The summed E-state index contributed by atoms with van der Waals surface area (Å²) in [6.45, 7) is 1.47. The average molecular weight is 399 g/mol. The standard InChI is InChI=1S/C11H15BrN2O5S2/c1-4-14(6-9(15)13-2)21(17,18)8-5-7(11(16)19-3)20-10(8)12/h5H,4,6H2,1-3H3,(H,13,15). The summed E-state index contributed by atoms with van der Waals surface area (Å²) < 4.78 is 30.9. The number of thiophene rings is 1. The normalized spacial score (nSPS) is 11.5. The number of hydrogen-bond acceptors (Lipinski definition) is 6. The van der Waals surface area contributed by atoms with Gasteiger partial charge in [0.05, 0.1) is 17.4 Å². The van der Waals surface area contributed by atoms with Crippen molar-refractivity contribution in [1.29, 1.82) is 0 Å². The van der Waals surface area contributed by atoms with E-state index in [4.69, 9.17) is 0 Å². The summed E-state index contributed by atoms with van der Waals surface area (Å²) in [5, 5.41) is 2.37. The Morgan fingerprint density at radius 1 is 1.48 bits per heavy atom. The van der Waals surface area contributed by atoms with Crippen molar-refractivity contribution in [2.45, 2.75) is 11.8 Å². The van der Waals surface area contributed by atoms with E-state index in [-0.39, 0.29) is 22.9 Å². The van der Waals surface area contributed by atoms with Crippen LogP contribution in [0.15, 0.2) is 14.7 Å². The summed E-state index contributed by atoms with van der Waals surface area (Å²) in [4.78, 5) is 23.0. The van der Waals surface area contributed by atoms with E-state index in [1.807, 2.05) is 0 Å². The third kappa shape index (κ3) is 4.02. The zero-order valence-electron chi connectivity index (χ0n) is 11.7. The Bertz CT molecular complexity index is 641. The van der Waals surface area contributed by atoms with E-state index in [0.29, 0.717) is 3.79 Å². The second kappa shape index (κ2) is 7.34. The zero-order chi connectivity index (χ0) is 16.2. The van der Waals surface area contributed by atoms with Crippen LogP contribution in [0.4, 0.5) is 0 Å². The molecule has 0 aromatic carbocycles. The minimum Gasteiger partial charge on any atom is -0.465 e. The number of ether oxygens (including phenoxy) is 1. The van der Waals surface area contributed by atoms with Gasteiger partial charge in [0.25, 0.3) is 0 Å². The van der Waals surface area contributed by atoms with Crippen LogP contribution in [0, 0.1) is 0 Å². The van der Waals surface area contributed by atoms with Crippen molar-refractivity contribution in [3.8, 4) is 0 Å². The van der Waals surface area contributed by atoms with Gasteiger partial charge < -0.3 is 10.1 Å². The van der Waals surface area contributed by atoms with Gasteiger partial charge in [0.2, 0.25) is 15.9 Å². The van der Waals surface area contributed by atoms with E-state index in [9.17, 15) is 18.0 Å². The second-order valence-electron chi connectivity index (χ2n) is 3.84. The first kappa shape index (κ1) is 18.1. The lowest BCUT2D eigenvalue weighted by Gasteiger charge is -2.19. The molecule has 1 rings (SSSR count). The highest BCUT2D eigenvalue weighted by Gasteiger charge is 2.30. The fourth-order valence-electron chi connectivity index (χ4n) is 1.47. The van der Waals surface area contributed by atoms with Crippen molar-refractivity contribution < 1.29 is 22.7 Å². The molecule has 0 aliphatic heterocycles. The van der Waals surface area contributed by atoms with Gasteiger partial charge in [-0.05, 0) is 22.0 Å². The van der Waals surface area contributed by atoms with Crippen LogP contribution in [-0.4, -0.2) is 51.8 Å². The Hall–Kier alpha value is -0.970. The van der Waals surface area contributed by atoms with Gasteiger partial charge in [-0.2, -0.15) is 4.31 Å². The number of rotatable bonds is 6. The van der Waals surface area contributed by atoms with Crippen LogP contribution in [0.3, 0.4) is 0 Å². The molecule has 7 nitrogen and oxygen atoms in total. The van der Waals surface area contributed by atoms with Crippen LogP contribution in [0.5, 0.6) is 0 Å². The maximum atomic E-state index is 12.5. The van der Waals surface area contributed by atoms with E-state index >= 15 is 0 Å². The number of carbonyl (C=O) groups is 2. The van der Waals surface area contributed by atoms with Gasteiger partial charge in [-0.15, -0.1) is 11.3 Å². The largest absolute Gasteiger partial charge is 0.465 e. The molecular formula is C11H15BrN2O5S2. The monoisotopic (exact) mass is 398 g/mol. The first-order chi connectivity index (χ1) is 9.77. The fraction of sp³-hybridized carbons (Fsp3) is 0.455. The predicted octanol–water partition coefficient (Wildman–Crippen LogP) is 1.05. The molecule has 1 aromatic rings. The second-order valence-corrected chi connectivity index (χ2v) is 8.12. The molecule has 0 saturated heterocycles. The van der Waals surface area contributed by atoms with Gasteiger partial charge in [-0.3, -0.25) is 4.79 Å². The molecule has 1 heterocycles. The van der Waals surface area contributed by atoms with Crippen molar-refractivity contribution in [2.75, 3.05) is 27.2 Å². The van der Waals surface area contributed by atoms with Crippen molar-refractivity contribution in [1.82, 2.24) is 9.62 Å². The van der Waals surface area contributed by atoms with Gasteiger partial charge in [-0.1, -0.05) is 6.92 Å². The minimum atomic E-state index is -3.88. The molecule has 0 bridgehead atoms. The number of likely N-dealkylation sites (N-methyl/N-ethyl adjacent to an activating group) is 2. The highest BCUT2D eigenvalue weighted by Crippen LogP contribution is 2.33. The fourth-order valence-corrected chi connectivity index (χ4v) is 5.31. The van der Waals surface area contributed by atoms with Gasteiger partial charge >= 0.3 is 5.97 Å². The summed E-state index contributed by atoms with van der Waals surface area (Å²) in [5.74, 6) is -1.03. The Kier molecular flexibility index (Phi) is 6.32. The molecule has 0 spiro atoms.